The second kappa shape index (κ2) is 7.09. The summed E-state index contributed by atoms with van der Waals surface area (Å²) in [4.78, 5) is 4.18. The second-order valence-corrected chi connectivity index (χ2v) is 7.16. The molecule has 1 heterocycles. The van der Waals surface area contributed by atoms with Crippen molar-refractivity contribution in [2.45, 2.75) is 11.8 Å². The maximum Gasteiger partial charge on any atom is 0.265 e. The lowest BCUT2D eigenvalue weighted by Gasteiger charge is -2.13. The largest absolute Gasteiger partial charge is 0.497 e. The van der Waals surface area contributed by atoms with E-state index in [4.69, 9.17) is 9.47 Å². The number of aromatic nitrogens is 2. The number of sulfonamides is 1. The summed E-state index contributed by atoms with van der Waals surface area (Å²) in [5.74, 6) is 1.51. The quantitative estimate of drug-likeness (QED) is 0.718. The first-order valence-electron chi connectivity index (χ1n) is 7.80. The first kappa shape index (κ1) is 17.8. The monoisotopic (exact) mass is 373 g/mol. The van der Waals surface area contributed by atoms with E-state index in [1.165, 1.54) is 20.3 Å². The molecule has 3 rings (SSSR count). The molecule has 8 heteroatoms. The van der Waals surface area contributed by atoms with Crippen LogP contribution in [0.1, 0.15) is 5.82 Å². The van der Waals surface area contributed by atoms with Crippen molar-refractivity contribution in [3.8, 4) is 17.2 Å². The van der Waals surface area contributed by atoms with Gasteiger partial charge < -0.3 is 14.0 Å². The van der Waals surface area contributed by atoms with Gasteiger partial charge >= 0.3 is 0 Å². The second-order valence-electron chi connectivity index (χ2n) is 5.51. The third kappa shape index (κ3) is 3.50. The maximum atomic E-state index is 12.8. The minimum Gasteiger partial charge on any atom is -0.497 e. The Bertz CT molecular complexity index is 1010. The summed E-state index contributed by atoms with van der Waals surface area (Å²) in [6, 6.07) is 11.6. The smallest absolute Gasteiger partial charge is 0.265 e. The Kier molecular flexibility index (Phi) is 4.85. The minimum absolute atomic E-state index is 0.00822. The number of nitrogens with one attached hydrogen (secondary N) is 1. The van der Waals surface area contributed by atoms with Gasteiger partial charge in [0.2, 0.25) is 0 Å². The number of methoxy groups -OCH3 is 2. The lowest BCUT2D eigenvalue weighted by molar-refractivity contribution is 0.392. The van der Waals surface area contributed by atoms with Crippen molar-refractivity contribution in [3.63, 3.8) is 0 Å². The molecule has 0 unspecified atom stereocenters. The topological polar surface area (TPSA) is 82.5 Å². The van der Waals surface area contributed by atoms with Gasteiger partial charge in [0.25, 0.3) is 10.0 Å². The summed E-state index contributed by atoms with van der Waals surface area (Å²) in [6.45, 7) is 1.89. The van der Waals surface area contributed by atoms with Crippen LogP contribution in [-0.2, 0) is 10.0 Å². The normalized spacial score (nSPS) is 11.2. The lowest BCUT2D eigenvalue weighted by Crippen LogP contribution is -2.14. The Morgan fingerprint density at radius 3 is 2.35 bits per heavy atom. The molecule has 2 aromatic carbocycles. The van der Waals surface area contributed by atoms with Gasteiger partial charge in [0.05, 0.1) is 14.2 Å². The van der Waals surface area contributed by atoms with E-state index in [1.54, 1.807) is 30.5 Å². The highest BCUT2D eigenvalue weighted by Gasteiger charge is 2.20. The standard InChI is InChI=1S/C18H19N3O4S/c1-13-19-10-11-21(13)15-6-4-14(5-7-15)20-26(22,23)18-12-16(24-2)8-9-17(18)25-3/h4-12,20H,1-3H3. The Morgan fingerprint density at radius 2 is 1.77 bits per heavy atom. The highest BCUT2D eigenvalue weighted by atomic mass is 32.2. The van der Waals surface area contributed by atoms with Crippen molar-refractivity contribution in [1.82, 2.24) is 9.55 Å². The van der Waals surface area contributed by atoms with Crippen molar-refractivity contribution < 1.29 is 17.9 Å². The zero-order valence-corrected chi connectivity index (χ0v) is 15.4. The minimum atomic E-state index is -3.84. The van der Waals surface area contributed by atoms with Crippen LogP contribution < -0.4 is 14.2 Å². The van der Waals surface area contributed by atoms with E-state index in [2.05, 4.69) is 9.71 Å². The molecule has 0 radical (unpaired) electrons. The molecular weight excluding hydrogens is 354 g/mol. The summed E-state index contributed by atoms with van der Waals surface area (Å²) >= 11 is 0. The van der Waals surface area contributed by atoms with Gasteiger partial charge in [-0.05, 0) is 43.3 Å². The van der Waals surface area contributed by atoms with E-state index in [-0.39, 0.29) is 10.6 Å². The van der Waals surface area contributed by atoms with Crippen LogP contribution in [0.15, 0.2) is 59.8 Å². The first-order chi connectivity index (χ1) is 12.4. The van der Waals surface area contributed by atoms with Crippen LogP contribution in [-0.4, -0.2) is 32.2 Å². The molecule has 3 aromatic rings. The highest BCUT2D eigenvalue weighted by Crippen LogP contribution is 2.29. The van der Waals surface area contributed by atoms with Crippen LogP contribution >= 0.6 is 0 Å². The van der Waals surface area contributed by atoms with Gasteiger partial charge in [0.15, 0.2) is 0 Å². The summed E-state index contributed by atoms with van der Waals surface area (Å²) in [7, 11) is -0.943. The van der Waals surface area contributed by atoms with Crippen LogP contribution in [0, 0.1) is 6.92 Å². The lowest BCUT2D eigenvalue weighted by atomic mass is 10.3. The average molecular weight is 373 g/mol. The molecule has 0 saturated heterocycles. The zero-order chi connectivity index (χ0) is 18.7. The number of hydrogen-bond acceptors (Lipinski definition) is 5. The van der Waals surface area contributed by atoms with Crippen LogP contribution in [0.2, 0.25) is 0 Å². The Morgan fingerprint density at radius 1 is 1.04 bits per heavy atom. The van der Waals surface area contributed by atoms with Crippen LogP contribution in [0.25, 0.3) is 5.69 Å². The molecule has 0 amide bonds. The molecule has 26 heavy (non-hydrogen) atoms. The van der Waals surface area contributed by atoms with E-state index >= 15 is 0 Å². The van der Waals surface area contributed by atoms with Crippen molar-refractivity contribution in [1.29, 1.82) is 0 Å². The fraction of sp³-hybridized carbons (Fsp3) is 0.167. The van der Waals surface area contributed by atoms with Gasteiger partial charge in [-0.2, -0.15) is 0 Å². The molecule has 0 aliphatic rings. The molecule has 0 saturated carbocycles. The van der Waals surface area contributed by atoms with Gasteiger partial charge in [-0.3, -0.25) is 4.72 Å². The molecule has 136 valence electrons. The average Bonchev–Trinajstić information content (AvgIpc) is 3.07. The Hall–Kier alpha value is -3.00. The van der Waals surface area contributed by atoms with E-state index in [0.717, 1.165) is 11.5 Å². The van der Waals surface area contributed by atoms with Gasteiger partial charge in [-0.1, -0.05) is 0 Å². The van der Waals surface area contributed by atoms with Gasteiger partial charge in [0, 0.05) is 29.8 Å². The van der Waals surface area contributed by atoms with Gasteiger partial charge in [0.1, 0.15) is 22.2 Å². The Labute approximate surface area is 152 Å². The Balaban J connectivity index is 1.89. The molecule has 7 nitrogen and oxygen atoms in total. The number of rotatable bonds is 6. The zero-order valence-electron chi connectivity index (χ0n) is 14.6. The third-order valence-electron chi connectivity index (χ3n) is 3.88. The van der Waals surface area contributed by atoms with E-state index in [9.17, 15) is 8.42 Å². The molecular formula is C18H19N3O4S. The van der Waals surface area contributed by atoms with Crippen molar-refractivity contribution >= 4 is 15.7 Å². The first-order valence-corrected chi connectivity index (χ1v) is 9.28. The summed E-state index contributed by atoms with van der Waals surface area (Å²) in [5, 5.41) is 0. The van der Waals surface area contributed by atoms with Crippen molar-refractivity contribution in [3.05, 3.63) is 60.7 Å². The summed E-state index contributed by atoms with van der Waals surface area (Å²) in [5.41, 5.74) is 1.33. The highest BCUT2D eigenvalue weighted by molar-refractivity contribution is 7.92. The molecule has 1 aromatic heterocycles. The number of aryl methyl sites for hydroxylation is 1. The molecule has 0 aliphatic carbocycles. The molecule has 0 aliphatic heterocycles. The van der Waals surface area contributed by atoms with Crippen molar-refractivity contribution in [2.24, 2.45) is 0 Å². The van der Waals surface area contributed by atoms with Crippen LogP contribution in [0.5, 0.6) is 11.5 Å². The van der Waals surface area contributed by atoms with Gasteiger partial charge in [-0.15, -0.1) is 0 Å². The van der Waals surface area contributed by atoms with Crippen molar-refractivity contribution in [2.75, 3.05) is 18.9 Å². The number of ether oxygens (including phenoxy) is 2. The third-order valence-corrected chi connectivity index (χ3v) is 5.29. The molecule has 0 fully saturated rings. The maximum absolute atomic E-state index is 12.8. The van der Waals surface area contributed by atoms with E-state index in [1.807, 2.05) is 29.8 Å². The van der Waals surface area contributed by atoms with Crippen LogP contribution in [0.3, 0.4) is 0 Å². The predicted molar refractivity (Wildman–Crippen MR) is 98.7 cm³/mol. The molecule has 0 atom stereocenters. The predicted octanol–water partition coefficient (Wildman–Crippen LogP) is 3.00. The number of nitrogens with zero attached hydrogens (tertiary/aromatic N) is 2. The number of hydrogen-bond donors (Lipinski definition) is 1. The fourth-order valence-electron chi connectivity index (χ4n) is 2.55. The number of imidazole rings is 1. The fourth-order valence-corrected chi connectivity index (χ4v) is 3.79. The number of benzene rings is 2. The summed E-state index contributed by atoms with van der Waals surface area (Å²) < 4.78 is 40.3. The number of anilines is 1. The molecule has 1 N–H and O–H groups in total. The van der Waals surface area contributed by atoms with Crippen LogP contribution in [0.4, 0.5) is 5.69 Å². The van der Waals surface area contributed by atoms with E-state index in [0.29, 0.717) is 11.4 Å². The summed E-state index contributed by atoms with van der Waals surface area (Å²) in [6.07, 6.45) is 3.55. The van der Waals surface area contributed by atoms with E-state index < -0.39 is 10.0 Å². The van der Waals surface area contributed by atoms with Gasteiger partial charge in [-0.25, -0.2) is 13.4 Å². The molecule has 0 bridgehead atoms. The SMILES string of the molecule is COc1ccc(OC)c(S(=O)(=O)Nc2ccc(-n3ccnc3C)cc2)c1. The molecule has 0 spiro atoms.